The maximum atomic E-state index is 13.5. The number of carboxylic acids is 2. The summed E-state index contributed by atoms with van der Waals surface area (Å²) in [6.07, 6.45) is 5.06. The van der Waals surface area contributed by atoms with Crippen molar-refractivity contribution in [1.29, 1.82) is 0 Å². The van der Waals surface area contributed by atoms with E-state index in [1.54, 1.807) is 32.6 Å². The highest BCUT2D eigenvalue weighted by Gasteiger charge is 2.35. The molecule has 0 bridgehead atoms. The summed E-state index contributed by atoms with van der Waals surface area (Å²) in [7, 11) is 0. The van der Waals surface area contributed by atoms with Crippen LogP contribution >= 0.6 is 0 Å². The standard InChI is InChI=1S/C30H50N6O9/c1-17(2)14-22(29(43)44)34-27(41)21(16-24(38)39)32-26(40)20(15-23(37)36-12-8-9-13-36)33-28(42)25(18(3)4)35-30(45)31-19-10-6-5-7-11-19/h17-22,25H,5-16H2,1-4H3,(H,32,40)(H,33,42)(H,34,41)(H,38,39)(H,43,44)(H2,31,35,45). The van der Waals surface area contributed by atoms with Crippen LogP contribution in [-0.2, 0) is 28.8 Å². The van der Waals surface area contributed by atoms with Crippen LogP contribution in [-0.4, -0.2) is 100 Å². The topological polar surface area (TPSA) is 223 Å². The quantitative estimate of drug-likeness (QED) is 0.126. The average Bonchev–Trinajstić information content (AvgIpc) is 3.50. The fourth-order valence-electron chi connectivity index (χ4n) is 5.51. The molecule has 6 amide bonds. The first-order chi connectivity index (χ1) is 21.2. The smallest absolute Gasteiger partial charge is 0.326 e. The maximum Gasteiger partial charge on any atom is 0.326 e. The highest BCUT2D eigenvalue weighted by atomic mass is 16.4. The second-order valence-electron chi connectivity index (χ2n) is 12.7. The summed E-state index contributed by atoms with van der Waals surface area (Å²) >= 11 is 0. The van der Waals surface area contributed by atoms with Crippen molar-refractivity contribution in [2.45, 2.75) is 122 Å². The van der Waals surface area contributed by atoms with Gasteiger partial charge < -0.3 is 41.7 Å². The van der Waals surface area contributed by atoms with Gasteiger partial charge in [-0.3, -0.25) is 24.0 Å². The molecule has 1 saturated carbocycles. The van der Waals surface area contributed by atoms with Gasteiger partial charge in [0.15, 0.2) is 0 Å². The lowest BCUT2D eigenvalue weighted by Crippen LogP contribution is -2.60. The number of carboxylic acid groups (broad SMARTS) is 2. The number of hydrogen-bond donors (Lipinski definition) is 7. The Bertz CT molecular complexity index is 1070. The molecule has 2 fully saturated rings. The number of nitrogens with one attached hydrogen (secondary N) is 5. The lowest BCUT2D eigenvalue weighted by atomic mass is 9.96. The van der Waals surface area contributed by atoms with Crippen molar-refractivity contribution >= 4 is 41.6 Å². The Labute approximate surface area is 264 Å². The van der Waals surface area contributed by atoms with Crippen LogP contribution in [0, 0.1) is 11.8 Å². The van der Waals surface area contributed by atoms with E-state index in [-0.39, 0.29) is 18.4 Å². The van der Waals surface area contributed by atoms with Crippen LogP contribution in [0.2, 0.25) is 0 Å². The predicted molar refractivity (Wildman–Crippen MR) is 163 cm³/mol. The van der Waals surface area contributed by atoms with Crippen LogP contribution in [0.3, 0.4) is 0 Å². The first-order valence-corrected chi connectivity index (χ1v) is 15.9. The van der Waals surface area contributed by atoms with E-state index in [4.69, 9.17) is 0 Å². The van der Waals surface area contributed by atoms with Crippen LogP contribution in [0.15, 0.2) is 0 Å². The monoisotopic (exact) mass is 638 g/mol. The van der Waals surface area contributed by atoms with E-state index in [0.29, 0.717) is 13.1 Å². The lowest BCUT2D eigenvalue weighted by molar-refractivity contribution is -0.144. The molecule has 2 rings (SSSR count). The van der Waals surface area contributed by atoms with Gasteiger partial charge in [0.25, 0.3) is 0 Å². The minimum Gasteiger partial charge on any atom is -0.481 e. The number of nitrogens with zero attached hydrogens (tertiary/aromatic N) is 1. The fraction of sp³-hybridized carbons (Fsp3) is 0.767. The largest absolute Gasteiger partial charge is 0.481 e. The summed E-state index contributed by atoms with van der Waals surface area (Å²) in [6.45, 7) is 7.88. The summed E-state index contributed by atoms with van der Waals surface area (Å²) in [5.41, 5.74) is 0. The Morgan fingerprint density at radius 2 is 1.22 bits per heavy atom. The van der Waals surface area contributed by atoms with Crippen molar-refractivity contribution in [2.75, 3.05) is 13.1 Å². The second-order valence-corrected chi connectivity index (χ2v) is 12.7. The summed E-state index contributed by atoms with van der Waals surface area (Å²) in [6, 6.07) is -6.13. The van der Waals surface area contributed by atoms with Crippen molar-refractivity contribution in [3.63, 3.8) is 0 Å². The molecule has 1 heterocycles. The van der Waals surface area contributed by atoms with Gasteiger partial charge in [0.1, 0.15) is 24.2 Å². The van der Waals surface area contributed by atoms with Crippen molar-refractivity contribution < 1.29 is 43.8 Å². The molecule has 15 heteroatoms. The first kappa shape index (κ1) is 37.3. The molecule has 45 heavy (non-hydrogen) atoms. The van der Waals surface area contributed by atoms with E-state index < -0.39 is 84.5 Å². The third-order valence-corrected chi connectivity index (χ3v) is 7.98. The third kappa shape index (κ3) is 12.9. The number of aliphatic carboxylic acids is 2. The van der Waals surface area contributed by atoms with Gasteiger partial charge in [0.05, 0.1) is 12.8 Å². The molecule has 4 unspecified atom stereocenters. The average molecular weight is 639 g/mol. The van der Waals surface area contributed by atoms with Crippen LogP contribution in [0.4, 0.5) is 4.79 Å². The SMILES string of the molecule is CC(C)CC(NC(=O)C(CC(=O)O)NC(=O)C(CC(=O)N1CCCC1)NC(=O)C(NC(=O)NC1CCCCC1)C(C)C)C(=O)O. The zero-order chi connectivity index (χ0) is 33.7. The zero-order valence-corrected chi connectivity index (χ0v) is 26.7. The number of urea groups is 1. The van der Waals surface area contributed by atoms with Gasteiger partial charge in [0.2, 0.25) is 23.6 Å². The third-order valence-electron chi connectivity index (χ3n) is 7.98. The first-order valence-electron chi connectivity index (χ1n) is 15.9. The minimum absolute atomic E-state index is 0.00944. The summed E-state index contributed by atoms with van der Waals surface area (Å²) in [5.74, 6) is -6.45. The molecular formula is C30H50N6O9. The molecule has 0 aromatic rings. The van der Waals surface area contributed by atoms with Gasteiger partial charge >= 0.3 is 18.0 Å². The van der Waals surface area contributed by atoms with Crippen LogP contribution in [0.5, 0.6) is 0 Å². The molecule has 1 aliphatic carbocycles. The van der Waals surface area contributed by atoms with Gasteiger partial charge in [-0.15, -0.1) is 0 Å². The van der Waals surface area contributed by atoms with Gasteiger partial charge in [-0.05, 0) is 43.9 Å². The molecule has 7 N–H and O–H groups in total. The van der Waals surface area contributed by atoms with E-state index in [9.17, 15) is 43.8 Å². The van der Waals surface area contributed by atoms with E-state index in [1.165, 1.54) is 0 Å². The van der Waals surface area contributed by atoms with Gasteiger partial charge in [0, 0.05) is 19.1 Å². The molecule has 15 nitrogen and oxygen atoms in total. The van der Waals surface area contributed by atoms with Crippen LogP contribution in [0.25, 0.3) is 0 Å². The predicted octanol–water partition coefficient (Wildman–Crippen LogP) is 0.715. The molecule has 1 aliphatic heterocycles. The van der Waals surface area contributed by atoms with Gasteiger partial charge in [-0.2, -0.15) is 0 Å². The molecule has 0 aromatic heterocycles. The molecule has 0 spiro atoms. The van der Waals surface area contributed by atoms with Crippen molar-refractivity contribution in [2.24, 2.45) is 11.8 Å². The molecule has 254 valence electrons. The second kappa shape index (κ2) is 18.2. The van der Waals surface area contributed by atoms with Crippen LogP contribution < -0.4 is 26.6 Å². The summed E-state index contributed by atoms with van der Waals surface area (Å²) in [5, 5.41) is 31.6. The Hall–Kier alpha value is -3.91. The number of amides is 6. The number of carbonyl (C=O) groups is 7. The number of carbonyl (C=O) groups excluding carboxylic acids is 5. The van der Waals surface area contributed by atoms with Crippen molar-refractivity contribution in [1.82, 2.24) is 31.5 Å². The minimum atomic E-state index is -1.69. The normalized spacial score (nSPS) is 18.0. The Kier molecular flexibility index (Phi) is 15.0. The lowest BCUT2D eigenvalue weighted by Gasteiger charge is -2.28. The van der Waals surface area contributed by atoms with E-state index >= 15 is 0 Å². The number of rotatable bonds is 16. The molecule has 1 saturated heterocycles. The highest BCUT2D eigenvalue weighted by molar-refractivity contribution is 5.98. The Morgan fingerprint density at radius 3 is 1.73 bits per heavy atom. The summed E-state index contributed by atoms with van der Waals surface area (Å²) < 4.78 is 0. The molecule has 0 radical (unpaired) electrons. The maximum absolute atomic E-state index is 13.5. The van der Waals surface area contributed by atoms with Crippen molar-refractivity contribution in [3.8, 4) is 0 Å². The number of likely N-dealkylation sites (tertiary alicyclic amines) is 1. The Morgan fingerprint density at radius 1 is 0.689 bits per heavy atom. The van der Waals surface area contributed by atoms with E-state index in [1.807, 2.05) is 0 Å². The zero-order valence-electron chi connectivity index (χ0n) is 26.7. The number of hydrogen-bond acceptors (Lipinski definition) is 7. The highest BCUT2D eigenvalue weighted by Crippen LogP contribution is 2.17. The van der Waals surface area contributed by atoms with E-state index in [0.717, 1.165) is 44.9 Å². The molecular weight excluding hydrogens is 588 g/mol. The van der Waals surface area contributed by atoms with Gasteiger partial charge in [-0.1, -0.05) is 47.0 Å². The van der Waals surface area contributed by atoms with Crippen LogP contribution in [0.1, 0.15) is 91.9 Å². The Balaban J connectivity index is 2.23. The molecule has 0 aromatic carbocycles. The van der Waals surface area contributed by atoms with Gasteiger partial charge in [-0.25, -0.2) is 9.59 Å². The molecule has 2 aliphatic rings. The van der Waals surface area contributed by atoms with Crippen molar-refractivity contribution in [3.05, 3.63) is 0 Å². The summed E-state index contributed by atoms with van der Waals surface area (Å²) in [4.78, 5) is 90.6. The van der Waals surface area contributed by atoms with E-state index in [2.05, 4.69) is 26.6 Å². The fourth-order valence-corrected chi connectivity index (χ4v) is 5.51. The molecule has 4 atom stereocenters.